The van der Waals surface area contributed by atoms with Crippen LogP contribution in [0.2, 0.25) is 0 Å². The van der Waals surface area contributed by atoms with E-state index < -0.39 is 6.10 Å². The summed E-state index contributed by atoms with van der Waals surface area (Å²) >= 11 is 0. The molecule has 0 heterocycles. The standard InChI is InChI=1S/C21H25NO4/c1-15(21(24)17-8-6-5-7-9-17)22(2)20(23)13-11-16-10-12-18(25-3)19(14-16)26-4/h5-15,21,24H,1-4H3/b13-11+. The van der Waals surface area contributed by atoms with Crippen molar-refractivity contribution in [3.8, 4) is 11.5 Å². The molecule has 0 aliphatic rings. The summed E-state index contributed by atoms with van der Waals surface area (Å²) in [6.45, 7) is 1.82. The Morgan fingerprint density at radius 2 is 1.73 bits per heavy atom. The van der Waals surface area contributed by atoms with Crippen LogP contribution >= 0.6 is 0 Å². The molecule has 0 bridgehead atoms. The SMILES string of the molecule is COc1ccc(/C=C/C(=O)N(C)C(C)C(O)c2ccccc2)cc1OC. The van der Waals surface area contributed by atoms with Crippen LogP contribution in [0.25, 0.3) is 6.08 Å². The van der Waals surface area contributed by atoms with Crippen LogP contribution in [0.3, 0.4) is 0 Å². The van der Waals surface area contributed by atoms with Crippen molar-refractivity contribution in [1.82, 2.24) is 4.90 Å². The van der Waals surface area contributed by atoms with Crippen LogP contribution in [0.4, 0.5) is 0 Å². The number of methoxy groups -OCH3 is 2. The summed E-state index contributed by atoms with van der Waals surface area (Å²) < 4.78 is 10.5. The highest BCUT2D eigenvalue weighted by Gasteiger charge is 2.22. The molecule has 1 amide bonds. The number of carbonyl (C=O) groups excluding carboxylic acids is 1. The molecular formula is C21H25NO4. The molecule has 0 aromatic heterocycles. The molecule has 5 nitrogen and oxygen atoms in total. The Kier molecular flexibility index (Phi) is 6.81. The van der Waals surface area contributed by atoms with Gasteiger partial charge in [0.1, 0.15) is 0 Å². The smallest absolute Gasteiger partial charge is 0.246 e. The lowest BCUT2D eigenvalue weighted by Gasteiger charge is -2.28. The first-order valence-corrected chi connectivity index (χ1v) is 8.37. The first-order valence-electron chi connectivity index (χ1n) is 8.37. The lowest BCUT2D eigenvalue weighted by molar-refractivity contribution is -0.128. The average Bonchev–Trinajstić information content (AvgIpc) is 2.70. The fraction of sp³-hybridized carbons (Fsp3) is 0.286. The topological polar surface area (TPSA) is 59.0 Å². The summed E-state index contributed by atoms with van der Waals surface area (Å²) in [6.07, 6.45) is 2.44. The number of amides is 1. The van der Waals surface area contributed by atoms with Crippen molar-refractivity contribution < 1.29 is 19.4 Å². The van der Waals surface area contributed by atoms with Gasteiger partial charge < -0.3 is 19.5 Å². The summed E-state index contributed by atoms with van der Waals surface area (Å²) in [5, 5.41) is 10.5. The Bertz CT molecular complexity index is 758. The molecule has 2 rings (SSSR count). The molecule has 2 aromatic rings. The van der Waals surface area contributed by atoms with Crippen LogP contribution in [-0.4, -0.2) is 43.2 Å². The molecule has 0 fully saturated rings. The zero-order chi connectivity index (χ0) is 19.1. The molecule has 2 aromatic carbocycles. The highest BCUT2D eigenvalue weighted by atomic mass is 16.5. The van der Waals surface area contributed by atoms with E-state index >= 15 is 0 Å². The van der Waals surface area contributed by atoms with Crippen molar-refractivity contribution in [2.75, 3.05) is 21.3 Å². The van der Waals surface area contributed by atoms with Crippen LogP contribution in [0.15, 0.2) is 54.6 Å². The molecule has 5 heteroatoms. The number of rotatable bonds is 7. The maximum absolute atomic E-state index is 12.4. The number of hydrogen-bond acceptors (Lipinski definition) is 4. The average molecular weight is 355 g/mol. The molecule has 0 aliphatic heterocycles. The van der Waals surface area contributed by atoms with Crippen molar-refractivity contribution in [1.29, 1.82) is 0 Å². The number of ether oxygens (including phenoxy) is 2. The fourth-order valence-electron chi connectivity index (χ4n) is 2.58. The van der Waals surface area contributed by atoms with Crippen molar-refractivity contribution in [3.63, 3.8) is 0 Å². The molecule has 0 saturated heterocycles. The van der Waals surface area contributed by atoms with Gasteiger partial charge >= 0.3 is 0 Å². The van der Waals surface area contributed by atoms with E-state index in [1.165, 1.54) is 11.0 Å². The van der Waals surface area contributed by atoms with E-state index in [9.17, 15) is 9.90 Å². The van der Waals surface area contributed by atoms with E-state index in [-0.39, 0.29) is 11.9 Å². The number of aliphatic hydroxyl groups excluding tert-OH is 1. The highest BCUT2D eigenvalue weighted by Crippen LogP contribution is 2.28. The third-order valence-corrected chi connectivity index (χ3v) is 4.38. The molecule has 26 heavy (non-hydrogen) atoms. The van der Waals surface area contributed by atoms with E-state index in [1.807, 2.05) is 43.3 Å². The Labute approximate surface area is 154 Å². The van der Waals surface area contributed by atoms with Gasteiger partial charge in [0.25, 0.3) is 0 Å². The third-order valence-electron chi connectivity index (χ3n) is 4.38. The predicted molar refractivity (Wildman–Crippen MR) is 102 cm³/mol. The number of benzene rings is 2. The van der Waals surface area contributed by atoms with E-state index in [2.05, 4.69) is 0 Å². The van der Waals surface area contributed by atoms with Gasteiger partial charge in [0.15, 0.2) is 11.5 Å². The van der Waals surface area contributed by atoms with Gasteiger partial charge in [-0.3, -0.25) is 4.79 Å². The minimum Gasteiger partial charge on any atom is -0.493 e. The second-order valence-corrected chi connectivity index (χ2v) is 5.99. The quantitative estimate of drug-likeness (QED) is 0.774. The van der Waals surface area contributed by atoms with Gasteiger partial charge in [0.05, 0.1) is 26.4 Å². The predicted octanol–water partition coefficient (Wildman–Crippen LogP) is 3.30. The second-order valence-electron chi connectivity index (χ2n) is 5.99. The first kappa shape index (κ1) is 19.5. The first-order chi connectivity index (χ1) is 12.5. The molecule has 138 valence electrons. The van der Waals surface area contributed by atoms with Crippen molar-refractivity contribution >= 4 is 12.0 Å². The number of aliphatic hydroxyl groups is 1. The van der Waals surface area contributed by atoms with E-state index in [1.54, 1.807) is 39.5 Å². The zero-order valence-corrected chi connectivity index (χ0v) is 15.5. The van der Waals surface area contributed by atoms with Gasteiger partial charge in [-0.05, 0) is 36.3 Å². The highest BCUT2D eigenvalue weighted by molar-refractivity contribution is 5.92. The lowest BCUT2D eigenvalue weighted by Crippen LogP contribution is -2.38. The van der Waals surface area contributed by atoms with Crippen molar-refractivity contribution in [2.45, 2.75) is 19.1 Å². The Hall–Kier alpha value is -2.79. The van der Waals surface area contributed by atoms with E-state index in [0.29, 0.717) is 11.5 Å². The molecule has 2 atom stereocenters. The van der Waals surface area contributed by atoms with Gasteiger partial charge in [-0.1, -0.05) is 36.4 Å². The molecule has 0 radical (unpaired) electrons. The van der Waals surface area contributed by atoms with Crippen LogP contribution in [0, 0.1) is 0 Å². The third kappa shape index (κ3) is 4.64. The number of carbonyl (C=O) groups is 1. The lowest BCUT2D eigenvalue weighted by atomic mass is 10.0. The van der Waals surface area contributed by atoms with E-state index in [4.69, 9.17) is 9.47 Å². The molecule has 0 spiro atoms. The van der Waals surface area contributed by atoms with Gasteiger partial charge in [0.2, 0.25) is 5.91 Å². The van der Waals surface area contributed by atoms with Gasteiger partial charge in [-0.25, -0.2) is 0 Å². The van der Waals surface area contributed by atoms with Crippen LogP contribution in [-0.2, 0) is 4.79 Å². The molecular weight excluding hydrogens is 330 g/mol. The van der Waals surface area contributed by atoms with Crippen LogP contribution < -0.4 is 9.47 Å². The Morgan fingerprint density at radius 1 is 1.08 bits per heavy atom. The van der Waals surface area contributed by atoms with E-state index in [0.717, 1.165) is 11.1 Å². The molecule has 1 N–H and O–H groups in total. The van der Waals surface area contributed by atoms with Gasteiger partial charge in [-0.2, -0.15) is 0 Å². The molecule has 0 aliphatic carbocycles. The normalized spacial score (nSPS) is 13.3. The van der Waals surface area contributed by atoms with Crippen LogP contribution in [0.5, 0.6) is 11.5 Å². The van der Waals surface area contributed by atoms with Gasteiger partial charge in [0, 0.05) is 13.1 Å². The van der Waals surface area contributed by atoms with Gasteiger partial charge in [-0.15, -0.1) is 0 Å². The molecule has 2 unspecified atom stereocenters. The fourth-order valence-corrected chi connectivity index (χ4v) is 2.58. The maximum atomic E-state index is 12.4. The van der Waals surface area contributed by atoms with Crippen LogP contribution in [0.1, 0.15) is 24.2 Å². The Balaban J connectivity index is 2.07. The minimum absolute atomic E-state index is 0.192. The largest absolute Gasteiger partial charge is 0.493 e. The number of nitrogens with zero attached hydrogens (tertiary/aromatic N) is 1. The summed E-state index contributed by atoms with van der Waals surface area (Å²) in [6, 6.07) is 14.4. The van der Waals surface area contributed by atoms with Crippen molar-refractivity contribution in [2.24, 2.45) is 0 Å². The summed E-state index contributed by atoms with van der Waals surface area (Å²) in [5.41, 5.74) is 1.60. The summed E-state index contributed by atoms with van der Waals surface area (Å²) in [5.74, 6) is 1.04. The number of likely N-dealkylation sites (N-methyl/N-ethyl adjacent to an activating group) is 1. The summed E-state index contributed by atoms with van der Waals surface area (Å²) in [7, 11) is 4.82. The Morgan fingerprint density at radius 3 is 2.35 bits per heavy atom. The summed E-state index contributed by atoms with van der Waals surface area (Å²) in [4.78, 5) is 14.0. The monoisotopic (exact) mass is 355 g/mol. The second kappa shape index (κ2) is 9.06. The number of hydrogen-bond donors (Lipinski definition) is 1. The zero-order valence-electron chi connectivity index (χ0n) is 15.5. The minimum atomic E-state index is -0.750. The van der Waals surface area contributed by atoms with Crippen molar-refractivity contribution in [3.05, 3.63) is 65.7 Å². The maximum Gasteiger partial charge on any atom is 0.246 e. The molecule has 0 saturated carbocycles.